The molecule has 89 heavy (non-hydrogen) atoms. The molecule has 0 fully saturated rings. The fraction of sp³-hybridized carbons (Fsp3) is 0.0930. The largest absolute Gasteiger partial charge is 0.456 e. The highest BCUT2D eigenvalue weighted by Crippen LogP contribution is 2.70. The average Bonchev–Trinajstić information content (AvgIpc) is 1.50. The highest BCUT2D eigenvalue weighted by Gasteiger charge is 2.57. The van der Waals surface area contributed by atoms with Crippen LogP contribution in [-0.2, 0) is 21.7 Å². The molecule has 0 atom stereocenters. The van der Waals surface area contributed by atoms with Gasteiger partial charge >= 0.3 is 0 Å². The highest BCUT2D eigenvalue weighted by atomic mass is 16.3. The molecule has 6 aliphatic rings. The van der Waals surface area contributed by atoms with Crippen LogP contribution in [0, 0.1) is 0 Å². The van der Waals surface area contributed by atoms with E-state index < -0.39 is 10.8 Å². The van der Waals surface area contributed by atoms with Crippen LogP contribution in [0.1, 0.15) is 94.5 Å². The van der Waals surface area contributed by atoms with E-state index in [0.29, 0.717) is 0 Å². The van der Waals surface area contributed by atoms with Gasteiger partial charge in [0.05, 0.1) is 10.8 Å². The second-order valence-electron chi connectivity index (χ2n) is 26.8. The van der Waals surface area contributed by atoms with E-state index >= 15 is 0 Å². The quantitative estimate of drug-likeness (QED) is 0.177. The maximum atomic E-state index is 7.08. The van der Waals surface area contributed by atoms with Crippen molar-refractivity contribution in [3.63, 3.8) is 0 Å². The predicted molar refractivity (Wildman–Crippen MR) is 363 cm³/mol. The summed E-state index contributed by atoms with van der Waals surface area (Å²) >= 11 is 0. The minimum Gasteiger partial charge on any atom is -0.456 e. The molecule has 0 bridgehead atoms. The number of fused-ring (bicyclic) bond motifs is 36. The van der Waals surface area contributed by atoms with Crippen LogP contribution < -0.4 is 4.90 Å². The van der Waals surface area contributed by atoms with Crippen LogP contribution in [0.3, 0.4) is 0 Å². The molecule has 2 heterocycles. The van der Waals surface area contributed by atoms with Gasteiger partial charge in [0.1, 0.15) is 22.3 Å². The summed E-state index contributed by atoms with van der Waals surface area (Å²) in [6.07, 6.45) is 0. The van der Waals surface area contributed by atoms with Crippen molar-refractivity contribution in [1.82, 2.24) is 0 Å². The minimum atomic E-state index is -0.663. The van der Waals surface area contributed by atoms with Crippen molar-refractivity contribution in [1.29, 1.82) is 0 Å². The first-order valence-electron chi connectivity index (χ1n) is 31.5. The van der Waals surface area contributed by atoms with E-state index in [0.717, 1.165) is 50.2 Å². The van der Waals surface area contributed by atoms with Gasteiger partial charge in [0.15, 0.2) is 0 Å². The van der Waals surface area contributed by atoms with E-state index in [1.807, 2.05) is 0 Å². The lowest BCUT2D eigenvalue weighted by Gasteiger charge is -2.33. The first kappa shape index (κ1) is 48.4. The zero-order chi connectivity index (χ0) is 58.6. The molecule has 3 heteroatoms. The third-order valence-corrected chi connectivity index (χ3v) is 22.2. The molecule has 2 aromatic heterocycles. The summed E-state index contributed by atoms with van der Waals surface area (Å²) in [5, 5.41) is 4.70. The summed E-state index contributed by atoms with van der Waals surface area (Å²) < 4.78 is 13.9. The molecule has 0 aliphatic heterocycles. The van der Waals surface area contributed by atoms with Crippen molar-refractivity contribution in [2.75, 3.05) is 4.90 Å². The Labute approximate surface area is 515 Å². The van der Waals surface area contributed by atoms with E-state index in [4.69, 9.17) is 8.83 Å². The molecule has 0 saturated carbocycles. The van der Waals surface area contributed by atoms with Crippen LogP contribution in [0.25, 0.3) is 111 Å². The molecule has 0 unspecified atom stereocenters. The fourth-order valence-electron chi connectivity index (χ4n) is 18.9. The second-order valence-corrected chi connectivity index (χ2v) is 26.8. The summed E-state index contributed by atoms with van der Waals surface area (Å²) in [4.78, 5) is 2.52. The number of hydrogen-bond donors (Lipinski definition) is 0. The van der Waals surface area contributed by atoms with Gasteiger partial charge < -0.3 is 13.7 Å². The summed E-state index contributed by atoms with van der Waals surface area (Å²) in [5.74, 6) is 0. The summed E-state index contributed by atoms with van der Waals surface area (Å²) in [6.45, 7) is 9.78. The van der Waals surface area contributed by atoms with Gasteiger partial charge in [-0.1, -0.05) is 222 Å². The van der Waals surface area contributed by atoms with E-state index in [1.165, 1.54) is 144 Å². The summed E-state index contributed by atoms with van der Waals surface area (Å²) in [5.41, 5.74) is 36.5. The number of benzene rings is 13. The van der Waals surface area contributed by atoms with Crippen molar-refractivity contribution >= 4 is 60.9 Å². The van der Waals surface area contributed by atoms with Gasteiger partial charge in [0.25, 0.3) is 0 Å². The number of rotatable bonds is 3. The molecule has 416 valence electrons. The van der Waals surface area contributed by atoms with Gasteiger partial charge in [0.2, 0.25) is 0 Å². The number of anilines is 3. The molecule has 2 spiro atoms. The number of hydrogen-bond acceptors (Lipinski definition) is 3. The Bertz CT molecular complexity index is 5670. The molecular weight excluding hydrogens is 1080 g/mol. The number of nitrogens with zero attached hydrogens (tertiary/aromatic N) is 1. The lowest BCUT2D eigenvalue weighted by Crippen LogP contribution is -2.27. The van der Waals surface area contributed by atoms with Gasteiger partial charge in [-0.05, 0) is 195 Å². The SMILES string of the molecule is CC1(C)c2ccccc2-c2c1c1c(c3c2oc2ccccc23)-c2ccc(N(c3ccccc3)c3ccc4c(c3)C3(c5ccccc5-c5ccccc53)c3cc5c(cc3-4)C3(c4ccccc4-c4ccccc43)c3ccc4oc6ccccc6c4c3-5)cc2C1(C)C. The van der Waals surface area contributed by atoms with Gasteiger partial charge in [-0.2, -0.15) is 0 Å². The van der Waals surface area contributed by atoms with E-state index in [1.54, 1.807) is 0 Å². The normalized spacial score (nSPS) is 15.8. The van der Waals surface area contributed by atoms with E-state index in [9.17, 15) is 0 Å². The van der Waals surface area contributed by atoms with Crippen molar-refractivity contribution in [3.8, 4) is 66.8 Å². The maximum Gasteiger partial charge on any atom is 0.144 e. The fourth-order valence-corrected chi connectivity index (χ4v) is 18.9. The zero-order valence-corrected chi connectivity index (χ0v) is 49.6. The highest BCUT2D eigenvalue weighted by molar-refractivity contribution is 6.21. The van der Waals surface area contributed by atoms with Crippen molar-refractivity contribution in [2.45, 2.75) is 49.4 Å². The lowest BCUT2D eigenvalue weighted by atomic mass is 9.68. The van der Waals surface area contributed by atoms with Gasteiger partial charge in [0, 0.05) is 55.0 Å². The molecule has 13 aromatic carbocycles. The van der Waals surface area contributed by atoms with Gasteiger partial charge in [-0.3, -0.25) is 0 Å². The Hall–Kier alpha value is -10.7. The summed E-state index contributed by atoms with van der Waals surface area (Å²) in [7, 11) is 0. The molecule has 0 amide bonds. The predicted octanol–water partition coefficient (Wildman–Crippen LogP) is 22.3. The number of furan rings is 2. The topological polar surface area (TPSA) is 29.5 Å². The molecular formula is C86H55NO2. The first-order valence-corrected chi connectivity index (χ1v) is 31.5. The van der Waals surface area contributed by atoms with Crippen LogP contribution in [0.15, 0.2) is 270 Å². The lowest BCUT2D eigenvalue weighted by molar-refractivity contribution is 0.600. The monoisotopic (exact) mass is 1130 g/mol. The number of para-hydroxylation sites is 3. The molecule has 0 saturated heterocycles. The summed E-state index contributed by atoms with van der Waals surface area (Å²) in [6, 6.07) is 98.9. The van der Waals surface area contributed by atoms with Gasteiger partial charge in [-0.25, -0.2) is 0 Å². The Kier molecular flexibility index (Phi) is 8.84. The Balaban J connectivity index is 0.831. The van der Waals surface area contributed by atoms with E-state index in [2.05, 4.69) is 293 Å². The van der Waals surface area contributed by atoms with Gasteiger partial charge in [-0.15, -0.1) is 0 Å². The smallest absolute Gasteiger partial charge is 0.144 e. The molecule has 21 rings (SSSR count). The Morgan fingerprint density at radius 2 is 0.697 bits per heavy atom. The molecule has 0 N–H and O–H groups in total. The standard InChI is InChI=1S/C86H55NO2/c1-83(2)62-31-15-12-28-56(62)79-81(83)80-77(78-59-30-14-21-37-73(59)89-82(78)79)57-41-39-49(44-68(57)84(80,3)4)87(48-22-6-5-7-23-48)50-38-40-55-60-46-71-61(47-70(60)86(69(55)45-50)65-34-18-10-26-53(65)54-27-11-19-35-66(54)86)75-67(42-43-74-76(75)58-29-13-20-36-72(58)88-74)85(71)63-32-16-8-24-51(63)52-25-9-17-33-64(52)85/h5-47H,1-4H3. The van der Waals surface area contributed by atoms with E-state index in [-0.39, 0.29) is 10.8 Å². The Morgan fingerprint density at radius 1 is 0.258 bits per heavy atom. The first-order chi connectivity index (χ1) is 43.7. The molecule has 3 nitrogen and oxygen atoms in total. The Morgan fingerprint density at radius 3 is 1.34 bits per heavy atom. The van der Waals surface area contributed by atoms with Crippen molar-refractivity contribution in [2.24, 2.45) is 0 Å². The van der Waals surface area contributed by atoms with Crippen LogP contribution >= 0.6 is 0 Å². The maximum absolute atomic E-state index is 7.08. The third kappa shape index (κ3) is 5.53. The van der Waals surface area contributed by atoms with Crippen molar-refractivity contribution < 1.29 is 8.83 Å². The average molecular weight is 1130 g/mol. The van der Waals surface area contributed by atoms with Crippen molar-refractivity contribution in [3.05, 3.63) is 328 Å². The van der Waals surface area contributed by atoms with Crippen LogP contribution in [0.5, 0.6) is 0 Å². The van der Waals surface area contributed by atoms with Crippen LogP contribution in [0.2, 0.25) is 0 Å². The minimum absolute atomic E-state index is 0.257. The molecule has 15 aromatic rings. The van der Waals surface area contributed by atoms with Crippen LogP contribution in [0.4, 0.5) is 17.1 Å². The third-order valence-electron chi connectivity index (χ3n) is 22.2. The zero-order valence-electron chi connectivity index (χ0n) is 49.6. The van der Waals surface area contributed by atoms with Crippen LogP contribution in [-0.4, -0.2) is 0 Å². The second kappa shape index (κ2) is 16.3. The molecule has 6 aliphatic carbocycles. The molecule has 0 radical (unpaired) electrons.